The predicted octanol–water partition coefficient (Wildman–Crippen LogP) is 2.74. The Hall–Kier alpha value is -1.81. The number of rotatable bonds is 1. The second-order valence-corrected chi connectivity index (χ2v) is 5.95. The van der Waals surface area contributed by atoms with Gasteiger partial charge in [0.05, 0.1) is 17.6 Å². The van der Waals surface area contributed by atoms with E-state index in [2.05, 4.69) is 0 Å². The summed E-state index contributed by atoms with van der Waals surface area (Å²) in [6.07, 6.45) is 0.596. The van der Waals surface area contributed by atoms with Gasteiger partial charge in [0.15, 0.2) is 0 Å². The minimum atomic E-state index is -0.655. The molecule has 0 amide bonds. The first kappa shape index (κ1) is 13.2. The molecule has 4 nitrogen and oxygen atoms in total. The van der Waals surface area contributed by atoms with Crippen molar-refractivity contribution < 1.29 is 14.3 Å². The van der Waals surface area contributed by atoms with E-state index in [0.717, 1.165) is 10.9 Å². The molecule has 0 fully saturated rings. The molecule has 106 valence electrons. The van der Waals surface area contributed by atoms with Gasteiger partial charge in [-0.05, 0) is 43.9 Å². The van der Waals surface area contributed by atoms with Gasteiger partial charge in [-0.25, -0.2) is 4.79 Å². The van der Waals surface area contributed by atoms with Gasteiger partial charge in [-0.15, -0.1) is 0 Å². The van der Waals surface area contributed by atoms with Crippen LogP contribution in [0.3, 0.4) is 0 Å². The molecule has 3 rings (SSSR count). The number of fused-ring (bicyclic) bond motifs is 3. The number of aliphatic hydroxyl groups is 1. The smallest absolute Gasteiger partial charge is 0.343 e. The Morgan fingerprint density at radius 2 is 2.20 bits per heavy atom. The van der Waals surface area contributed by atoms with Crippen molar-refractivity contribution in [2.24, 2.45) is 0 Å². The third-order valence-corrected chi connectivity index (χ3v) is 3.96. The topological polar surface area (TPSA) is 59.7 Å². The van der Waals surface area contributed by atoms with Crippen molar-refractivity contribution in [3.63, 3.8) is 0 Å². The van der Waals surface area contributed by atoms with Crippen LogP contribution in [0.1, 0.15) is 37.3 Å². The van der Waals surface area contributed by atoms with Gasteiger partial charge in [-0.2, -0.15) is 0 Å². The highest BCUT2D eigenvalue weighted by molar-refractivity contribution is 5.85. The number of hydrogen-bond acceptors (Lipinski definition) is 4. The van der Waals surface area contributed by atoms with Crippen molar-refractivity contribution in [3.8, 4) is 5.75 Å². The van der Waals surface area contributed by atoms with Crippen molar-refractivity contribution in [2.45, 2.75) is 38.7 Å². The molecule has 1 aromatic carbocycles. The lowest BCUT2D eigenvalue weighted by Gasteiger charge is -2.37. The van der Waals surface area contributed by atoms with Crippen LogP contribution in [0.4, 0.5) is 0 Å². The van der Waals surface area contributed by atoms with E-state index in [1.54, 1.807) is 0 Å². The first-order valence-corrected chi connectivity index (χ1v) is 6.81. The van der Waals surface area contributed by atoms with Crippen LogP contribution in [-0.4, -0.2) is 17.3 Å². The summed E-state index contributed by atoms with van der Waals surface area (Å²) in [6.45, 7) is 5.69. The highest BCUT2D eigenvalue weighted by Crippen LogP contribution is 2.42. The van der Waals surface area contributed by atoms with Gasteiger partial charge in [0.25, 0.3) is 0 Å². The number of aliphatic hydroxyl groups excluding tert-OH is 1. The average molecular weight is 274 g/mol. The van der Waals surface area contributed by atoms with Crippen LogP contribution < -0.4 is 10.4 Å². The van der Waals surface area contributed by atoms with Crippen LogP contribution in [0.15, 0.2) is 27.4 Å². The molecule has 2 heterocycles. The predicted molar refractivity (Wildman–Crippen MR) is 76.4 cm³/mol. The summed E-state index contributed by atoms with van der Waals surface area (Å²) >= 11 is 0. The van der Waals surface area contributed by atoms with Crippen molar-refractivity contribution >= 4 is 11.0 Å². The maximum atomic E-state index is 12.2. The lowest BCUT2D eigenvalue weighted by molar-refractivity contribution is 0.00167. The van der Waals surface area contributed by atoms with Crippen LogP contribution in [0.25, 0.3) is 11.0 Å². The summed E-state index contributed by atoms with van der Waals surface area (Å²) in [5.74, 6) is 0.560. The fourth-order valence-corrected chi connectivity index (χ4v) is 2.96. The summed E-state index contributed by atoms with van der Waals surface area (Å²) in [7, 11) is 0. The quantitative estimate of drug-likeness (QED) is 0.812. The minimum Gasteiger partial charge on any atom is -0.484 e. The Morgan fingerprint density at radius 1 is 1.45 bits per heavy atom. The van der Waals surface area contributed by atoms with Gasteiger partial charge in [-0.1, -0.05) is 13.0 Å². The molecular formula is C16H18O4. The summed E-state index contributed by atoms with van der Waals surface area (Å²) in [5, 5.41) is 10.3. The van der Waals surface area contributed by atoms with Gasteiger partial charge in [-0.3, -0.25) is 0 Å². The van der Waals surface area contributed by atoms with Crippen molar-refractivity contribution in [1.82, 2.24) is 0 Å². The fourth-order valence-electron chi connectivity index (χ4n) is 2.96. The van der Waals surface area contributed by atoms with Crippen molar-refractivity contribution in [1.29, 1.82) is 0 Å². The molecule has 0 radical (unpaired) electrons. The summed E-state index contributed by atoms with van der Waals surface area (Å²) in [6, 6.07) is 5.69. The summed E-state index contributed by atoms with van der Waals surface area (Å²) in [5.41, 5.74) is 1.13. The zero-order valence-electron chi connectivity index (χ0n) is 11.9. The standard InChI is InChI=1S/C16H18O4/c1-9-4-5-11-12(6-9)19-15(18)13-10(2)7-16(3,8-17)20-14(11)13/h4-6,10,17H,7-8H2,1-3H3. The molecule has 2 unspecified atom stereocenters. The molecule has 4 heteroatoms. The number of hydrogen-bond donors (Lipinski definition) is 1. The fraction of sp³-hybridized carbons (Fsp3) is 0.438. The molecule has 1 aliphatic rings. The molecule has 0 bridgehead atoms. The molecular weight excluding hydrogens is 256 g/mol. The van der Waals surface area contributed by atoms with Crippen LogP contribution >= 0.6 is 0 Å². The SMILES string of the molecule is Cc1ccc2c3c(c(=O)oc2c1)C(C)CC(C)(CO)O3. The Kier molecular flexibility index (Phi) is 2.87. The molecule has 0 saturated heterocycles. The molecule has 20 heavy (non-hydrogen) atoms. The molecule has 0 spiro atoms. The maximum absolute atomic E-state index is 12.2. The Bertz CT molecular complexity index is 731. The Morgan fingerprint density at radius 3 is 2.90 bits per heavy atom. The first-order chi connectivity index (χ1) is 9.43. The van der Waals surface area contributed by atoms with Gasteiger partial charge in [0.2, 0.25) is 0 Å². The third kappa shape index (κ3) is 1.91. The molecule has 1 aromatic heterocycles. The monoisotopic (exact) mass is 274 g/mol. The van der Waals surface area contributed by atoms with Crippen LogP contribution in [0, 0.1) is 6.92 Å². The lowest BCUT2D eigenvalue weighted by Crippen LogP contribution is -2.42. The Labute approximate surface area is 117 Å². The highest BCUT2D eigenvalue weighted by Gasteiger charge is 2.38. The van der Waals surface area contributed by atoms with E-state index in [0.29, 0.717) is 23.3 Å². The summed E-state index contributed by atoms with van der Waals surface area (Å²) < 4.78 is 11.4. The van der Waals surface area contributed by atoms with Gasteiger partial charge in [0, 0.05) is 0 Å². The van der Waals surface area contributed by atoms with Gasteiger partial charge in [0.1, 0.15) is 16.9 Å². The minimum absolute atomic E-state index is 0.00199. The second kappa shape index (κ2) is 4.35. The zero-order chi connectivity index (χ0) is 14.5. The third-order valence-electron chi connectivity index (χ3n) is 3.96. The molecule has 1 N–H and O–H groups in total. The second-order valence-electron chi connectivity index (χ2n) is 5.95. The van der Waals surface area contributed by atoms with Crippen LogP contribution in [-0.2, 0) is 0 Å². The molecule has 0 saturated carbocycles. The van der Waals surface area contributed by atoms with Crippen LogP contribution in [0.5, 0.6) is 5.75 Å². The van der Waals surface area contributed by atoms with E-state index in [4.69, 9.17) is 9.15 Å². The molecule has 0 aliphatic carbocycles. The van der Waals surface area contributed by atoms with Gasteiger partial charge >= 0.3 is 5.63 Å². The lowest BCUT2D eigenvalue weighted by atomic mass is 9.85. The molecule has 2 atom stereocenters. The first-order valence-electron chi connectivity index (χ1n) is 6.81. The highest BCUT2D eigenvalue weighted by atomic mass is 16.5. The largest absolute Gasteiger partial charge is 0.484 e. The van der Waals surface area contributed by atoms with E-state index in [1.807, 2.05) is 39.0 Å². The molecule has 1 aliphatic heterocycles. The molecule has 2 aromatic rings. The Balaban J connectivity index is 2.33. The maximum Gasteiger partial charge on any atom is 0.343 e. The van der Waals surface area contributed by atoms with Crippen molar-refractivity contribution in [3.05, 3.63) is 39.7 Å². The zero-order valence-corrected chi connectivity index (χ0v) is 11.9. The van der Waals surface area contributed by atoms with E-state index in [-0.39, 0.29) is 18.2 Å². The van der Waals surface area contributed by atoms with E-state index in [9.17, 15) is 9.90 Å². The van der Waals surface area contributed by atoms with Crippen LogP contribution in [0.2, 0.25) is 0 Å². The summed E-state index contributed by atoms with van der Waals surface area (Å²) in [4.78, 5) is 12.2. The van der Waals surface area contributed by atoms with Gasteiger partial charge < -0.3 is 14.3 Å². The van der Waals surface area contributed by atoms with Crippen molar-refractivity contribution in [2.75, 3.05) is 6.61 Å². The number of benzene rings is 1. The van der Waals surface area contributed by atoms with E-state index < -0.39 is 5.60 Å². The number of aryl methyl sites for hydroxylation is 1. The number of ether oxygens (including phenoxy) is 1. The van der Waals surface area contributed by atoms with E-state index >= 15 is 0 Å². The normalized spacial score (nSPS) is 25.3. The van der Waals surface area contributed by atoms with E-state index in [1.165, 1.54) is 0 Å². The average Bonchev–Trinajstić information content (AvgIpc) is 2.37.